The van der Waals surface area contributed by atoms with Crippen molar-refractivity contribution in [3.05, 3.63) is 69.8 Å². The van der Waals surface area contributed by atoms with Gasteiger partial charge in [0.15, 0.2) is 0 Å². The number of carbonyl (C=O) groups excluding carboxylic acids is 1. The topological polar surface area (TPSA) is 64.1 Å². The number of aromatic nitrogens is 2. The minimum atomic E-state index is -0.242. The molecule has 0 aliphatic heterocycles. The summed E-state index contributed by atoms with van der Waals surface area (Å²) in [5.41, 5.74) is 2.45. The smallest absolute Gasteiger partial charge is 0.276 e. The summed E-state index contributed by atoms with van der Waals surface area (Å²) in [5, 5.41) is 5.46. The Morgan fingerprint density at radius 1 is 1.25 bits per heavy atom. The van der Waals surface area contributed by atoms with Crippen molar-refractivity contribution < 1.29 is 9.53 Å². The van der Waals surface area contributed by atoms with Crippen LogP contribution in [0, 0.1) is 6.92 Å². The molecule has 1 N–H and O–H groups in total. The molecule has 0 bridgehead atoms. The van der Waals surface area contributed by atoms with E-state index in [1.807, 2.05) is 43.3 Å². The van der Waals surface area contributed by atoms with Gasteiger partial charge in [0.05, 0.1) is 12.1 Å². The lowest BCUT2D eigenvalue weighted by Crippen LogP contribution is -2.14. The fourth-order valence-corrected chi connectivity index (χ4v) is 3.01. The highest BCUT2D eigenvalue weighted by molar-refractivity contribution is 7.09. The number of hydrogen-bond donors (Lipinski definition) is 1. The van der Waals surface area contributed by atoms with Crippen LogP contribution in [0.3, 0.4) is 0 Å². The first-order valence-electron chi connectivity index (χ1n) is 7.46. The lowest BCUT2D eigenvalue weighted by atomic mass is 10.1. The van der Waals surface area contributed by atoms with Crippen LogP contribution in [0.25, 0.3) is 0 Å². The molecule has 122 valence electrons. The number of hydrogen-bond acceptors (Lipinski definition) is 5. The largest absolute Gasteiger partial charge is 0.497 e. The van der Waals surface area contributed by atoms with Crippen molar-refractivity contribution in [3.8, 4) is 5.75 Å². The number of pyridine rings is 1. The average Bonchev–Trinajstić information content (AvgIpc) is 3.06. The average molecular weight is 339 g/mol. The number of ether oxygens (including phenoxy) is 1. The van der Waals surface area contributed by atoms with Crippen molar-refractivity contribution in [3.63, 3.8) is 0 Å². The molecule has 2 heterocycles. The van der Waals surface area contributed by atoms with Crippen molar-refractivity contribution in [2.45, 2.75) is 13.3 Å². The molecule has 3 rings (SSSR count). The van der Waals surface area contributed by atoms with E-state index in [-0.39, 0.29) is 5.91 Å². The molecule has 0 aliphatic carbocycles. The maximum atomic E-state index is 12.3. The molecule has 0 spiro atoms. The number of carbonyl (C=O) groups is 1. The van der Waals surface area contributed by atoms with E-state index < -0.39 is 0 Å². The summed E-state index contributed by atoms with van der Waals surface area (Å²) in [5.74, 6) is 1.14. The number of amides is 1. The van der Waals surface area contributed by atoms with Gasteiger partial charge in [0.1, 0.15) is 17.3 Å². The van der Waals surface area contributed by atoms with Crippen LogP contribution in [0.2, 0.25) is 0 Å². The molecule has 24 heavy (non-hydrogen) atoms. The molecule has 0 aliphatic rings. The monoisotopic (exact) mass is 339 g/mol. The molecule has 1 amide bonds. The number of anilines is 1. The van der Waals surface area contributed by atoms with Crippen molar-refractivity contribution in [2.24, 2.45) is 0 Å². The zero-order chi connectivity index (χ0) is 16.9. The fraction of sp³-hybridized carbons (Fsp3) is 0.167. The van der Waals surface area contributed by atoms with Crippen LogP contribution >= 0.6 is 11.3 Å². The second-order valence-electron chi connectivity index (χ2n) is 5.27. The summed E-state index contributed by atoms with van der Waals surface area (Å²) in [6, 6.07) is 11.6. The van der Waals surface area contributed by atoms with Gasteiger partial charge < -0.3 is 10.1 Å². The Labute approximate surface area is 144 Å². The van der Waals surface area contributed by atoms with Gasteiger partial charge in [0.2, 0.25) is 0 Å². The summed E-state index contributed by atoms with van der Waals surface area (Å²) in [6.45, 7) is 1.90. The SMILES string of the molecule is COc1ccc(Cc2nc(C(=O)Nc3ncccc3C)cs2)cc1. The Hall–Kier alpha value is -2.73. The predicted octanol–water partition coefficient (Wildman–Crippen LogP) is 3.70. The fourth-order valence-electron chi connectivity index (χ4n) is 2.20. The Balaban J connectivity index is 1.68. The van der Waals surface area contributed by atoms with E-state index in [1.165, 1.54) is 11.3 Å². The van der Waals surface area contributed by atoms with E-state index in [2.05, 4.69) is 15.3 Å². The molecule has 2 aromatic heterocycles. The van der Waals surface area contributed by atoms with Gasteiger partial charge in [-0.1, -0.05) is 18.2 Å². The third-order valence-corrected chi connectivity index (χ3v) is 4.39. The summed E-state index contributed by atoms with van der Waals surface area (Å²) in [7, 11) is 1.64. The molecule has 5 nitrogen and oxygen atoms in total. The molecular formula is C18H17N3O2S. The first-order valence-corrected chi connectivity index (χ1v) is 8.34. The molecule has 0 saturated heterocycles. The second-order valence-corrected chi connectivity index (χ2v) is 6.22. The standard InChI is InChI=1S/C18H17N3O2S/c1-12-4-3-9-19-17(12)21-18(22)15-11-24-16(20-15)10-13-5-7-14(23-2)8-6-13/h3-9,11H,10H2,1-2H3,(H,19,21,22). The third kappa shape index (κ3) is 3.78. The molecular weight excluding hydrogens is 322 g/mol. The summed E-state index contributed by atoms with van der Waals surface area (Å²) in [4.78, 5) is 20.9. The Bertz CT molecular complexity index is 843. The van der Waals surface area contributed by atoms with Gasteiger partial charge in [-0.3, -0.25) is 4.79 Å². The predicted molar refractivity (Wildman–Crippen MR) is 94.8 cm³/mol. The van der Waals surface area contributed by atoms with Crippen LogP contribution in [-0.4, -0.2) is 23.0 Å². The van der Waals surface area contributed by atoms with Crippen LogP contribution in [0.15, 0.2) is 48.0 Å². The van der Waals surface area contributed by atoms with Crippen LogP contribution in [0.5, 0.6) is 5.75 Å². The number of nitrogens with one attached hydrogen (secondary N) is 1. The van der Waals surface area contributed by atoms with Crippen molar-refractivity contribution >= 4 is 23.1 Å². The molecule has 0 unspecified atom stereocenters. The minimum Gasteiger partial charge on any atom is -0.497 e. The number of aryl methyl sites for hydroxylation is 1. The van der Waals surface area contributed by atoms with Gasteiger partial charge in [-0.15, -0.1) is 11.3 Å². The number of thiazole rings is 1. The molecule has 1 aromatic carbocycles. The quantitative estimate of drug-likeness (QED) is 0.770. The zero-order valence-corrected chi connectivity index (χ0v) is 14.3. The summed E-state index contributed by atoms with van der Waals surface area (Å²) >= 11 is 1.47. The van der Waals surface area contributed by atoms with Gasteiger partial charge in [-0.05, 0) is 36.2 Å². The lowest BCUT2D eigenvalue weighted by Gasteiger charge is -2.04. The Morgan fingerprint density at radius 3 is 2.75 bits per heavy atom. The highest BCUT2D eigenvalue weighted by Crippen LogP contribution is 2.18. The number of methoxy groups -OCH3 is 1. The van der Waals surface area contributed by atoms with Crippen LogP contribution in [0.1, 0.15) is 26.6 Å². The van der Waals surface area contributed by atoms with Gasteiger partial charge in [-0.2, -0.15) is 0 Å². The van der Waals surface area contributed by atoms with E-state index in [1.54, 1.807) is 18.7 Å². The highest BCUT2D eigenvalue weighted by Gasteiger charge is 2.13. The number of nitrogens with zero attached hydrogens (tertiary/aromatic N) is 2. The maximum absolute atomic E-state index is 12.3. The summed E-state index contributed by atoms with van der Waals surface area (Å²) < 4.78 is 5.15. The van der Waals surface area contributed by atoms with Gasteiger partial charge in [0.25, 0.3) is 5.91 Å². The molecule has 6 heteroatoms. The van der Waals surface area contributed by atoms with Crippen molar-refractivity contribution in [2.75, 3.05) is 12.4 Å². The van der Waals surface area contributed by atoms with E-state index in [4.69, 9.17) is 4.74 Å². The van der Waals surface area contributed by atoms with Gasteiger partial charge >= 0.3 is 0 Å². The second kappa shape index (κ2) is 7.23. The van der Waals surface area contributed by atoms with E-state index in [0.29, 0.717) is 17.9 Å². The molecule has 0 saturated carbocycles. The normalized spacial score (nSPS) is 10.4. The molecule has 0 atom stereocenters. The van der Waals surface area contributed by atoms with Crippen molar-refractivity contribution in [1.29, 1.82) is 0 Å². The first kappa shape index (κ1) is 16.1. The van der Waals surface area contributed by atoms with Crippen LogP contribution in [-0.2, 0) is 6.42 Å². The Kier molecular flexibility index (Phi) is 4.86. The number of rotatable bonds is 5. The van der Waals surface area contributed by atoms with Crippen LogP contribution in [0.4, 0.5) is 5.82 Å². The lowest BCUT2D eigenvalue weighted by molar-refractivity contribution is 0.102. The van der Waals surface area contributed by atoms with E-state index in [0.717, 1.165) is 21.9 Å². The van der Waals surface area contributed by atoms with Crippen LogP contribution < -0.4 is 10.1 Å². The maximum Gasteiger partial charge on any atom is 0.276 e. The summed E-state index contributed by atoms with van der Waals surface area (Å²) in [6.07, 6.45) is 2.34. The highest BCUT2D eigenvalue weighted by atomic mass is 32.1. The van der Waals surface area contributed by atoms with Crippen molar-refractivity contribution in [1.82, 2.24) is 9.97 Å². The third-order valence-electron chi connectivity index (χ3n) is 3.54. The first-order chi connectivity index (χ1) is 11.7. The van der Waals surface area contributed by atoms with Gasteiger partial charge in [0, 0.05) is 18.0 Å². The Morgan fingerprint density at radius 2 is 2.04 bits per heavy atom. The molecule has 0 fully saturated rings. The molecule has 0 radical (unpaired) electrons. The minimum absolute atomic E-state index is 0.242. The number of benzene rings is 1. The van der Waals surface area contributed by atoms with E-state index in [9.17, 15) is 4.79 Å². The molecule has 3 aromatic rings. The van der Waals surface area contributed by atoms with Gasteiger partial charge in [-0.25, -0.2) is 9.97 Å². The zero-order valence-electron chi connectivity index (χ0n) is 13.4. The van der Waals surface area contributed by atoms with E-state index >= 15 is 0 Å².